The summed E-state index contributed by atoms with van der Waals surface area (Å²) in [6.45, 7) is 28.0. The Morgan fingerprint density at radius 3 is 1.98 bits per heavy atom. The molecule has 0 bridgehead atoms. The first kappa shape index (κ1) is 43.2. The van der Waals surface area contributed by atoms with Gasteiger partial charge in [-0.25, -0.2) is 0 Å². The van der Waals surface area contributed by atoms with E-state index >= 15 is 0 Å². The van der Waals surface area contributed by atoms with E-state index in [-0.39, 0.29) is 53.3 Å². The first-order valence-corrected chi connectivity index (χ1v) is 19.7. The van der Waals surface area contributed by atoms with Crippen molar-refractivity contribution < 1.29 is 34.7 Å². The van der Waals surface area contributed by atoms with Crippen molar-refractivity contribution in [1.29, 1.82) is 0 Å². The molecule has 4 nitrogen and oxygen atoms in total. The molecule has 0 fully saturated rings. The van der Waals surface area contributed by atoms with Crippen molar-refractivity contribution in [3.05, 3.63) is 89.3 Å². The number of fused-ring (bicyclic) bond motifs is 5. The van der Waals surface area contributed by atoms with Crippen molar-refractivity contribution >= 4 is 38.1 Å². The SMILES string of the molecule is CCC(C)(CC)C(=O)/C=C(\O)C(C)(CC)CC.Cc1ccc2c(CC(C)(C)C)c3c([c-]c2c1)-c1nccc2c1c(cc1cc(CC(C)(C)C)ccc12)O3.[Ir]. The average Bonchev–Trinajstić information content (AvgIpc) is 3.10. The van der Waals surface area contributed by atoms with Gasteiger partial charge in [-0.2, -0.15) is 0 Å². The Kier molecular flexibility index (Phi) is 13.0. The van der Waals surface area contributed by atoms with Gasteiger partial charge in [0.05, 0.1) is 5.75 Å². The zero-order valence-electron chi connectivity index (χ0n) is 35.1. The molecule has 6 rings (SSSR count). The zero-order chi connectivity index (χ0) is 39.1. The third-order valence-corrected chi connectivity index (χ3v) is 11.6. The molecule has 1 aromatic heterocycles. The number of nitrogens with zero attached hydrogens (tertiary/aromatic N) is 1. The first-order valence-electron chi connectivity index (χ1n) is 19.7. The third kappa shape index (κ3) is 8.95. The summed E-state index contributed by atoms with van der Waals surface area (Å²) in [6, 6.07) is 21.6. The Bertz CT molecular complexity index is 2190. The molecule has 0 atom stereocenters. The van der Waals surface area contributed by atoms with Crippen molar-refractivity contribution in [3.8, 4) is 22.8 Å². The summed E-state index contributed by atoms with van der Waals surface area (Å²) in [7, 11) is 0. The number of ketones is 1. The van der Waals surface area contributed by atoms with Gasteiger partial charge < -0.3 is 9.84 Å². The second-order valence-corrected chi connectivity index (χ2v) is 18.4. The summed E-state index contributed by atoms with van der Waals surface area (Å²) >= 11 is 0. The van der Waals surface area contributed by atoms with Crippen LogP contribution in [-0.4, -0.2) is 15.9 Å². The Morgan fingerprint density at radius 2 is 1.39 bits per heavy atom. The number of pyridine rings is 1. The average molecular weight is 905 g/mol. The smallest absolute Gasteiger partial charge is 0.164 e. The molecule has 4 aromatic carbocycles. The molecule has 0 unspecified atom stereocenters. The van der Waals surface area contributed by atoms with Gasteiger partial charge in [-0.15, -0.1) is 17.5 Å². The molecule has 0 saturated heterocycles. The number of allylic oxidation sites excluding steroid dienone is 2. The number of aliphatic hydroxyl groups excluding tert-OH is 1. The molecule has 54 heavy (non-hydrogen) atoms. The first-order chi connectivity index (χ1) is 24.8. The quantitative estimate of drug-likeness (QED) is 0.0680. The van der Waals surface area contributed by atoms with Crippen molar-refractivity contribution in [2.75, 3.05) is 0 Å². The normalized spacial score (nSPS) is 13.2. The van der Waals surface area contributed by atoms with Crippen LogP contribution in [-0.2, 0) is 37.7 Å². The Balaban J connectivity index is 0.000000309. The molecule has 1 radical (unpaired) electrons. The molecule has 0 spiro atoms. The van der Waals surface area contributed by atoms with Gasteiger partial charge in [-0.05, 0) is 90.1 Å². The maximum absolute atomic E-state index is 12.2. The maximum Gasteiger partial charge on any atom is 0.164 e. The summed E-state index contributed by atoms with van der Waals surface area (Å²) in [4.78, 5) is 17.1. The van der Waals surface area contributed by atoms with Crippen LogP contribution in [0.2, 0.25) is 0 Å². The van der Waals surface area contributed by atoms with Crippen LogP contribution in [0.5, 0.6) is 11.5 Å². The van der Waals surface area contributed by atoms with Gasteiger partial charge >= 0.3 is 0 Å². The Hall–Kier alpha value is -3.53. The monoisotopic (exact) mass is 905 g/mol. The van der Waals surface area contributed by atoms with Crippen LogP contribution in [0, 0.1) is 34.7 Å². The zero-order valence-corrected chi connectivity index (χ0v) is 37.5. The summed E-state index contributed by atoms with van der Waals surface area (Å²) in [6.07, 6.45) is 8.65. The molecule has 0 aliphatic carbocycles. The van der Waals surface area contributed by atoms with Crippen molar-refractivity contribution in [2.45, 2.75) is 129 Å². The number of carbonyl (C=O) groups excluding carboxylic acids is 1. The minimum Gasteiger partial charge on any atom is -0.512 e. The number of hydrogen-bond acceptors (Lipinski definition) is 4. The number of benzene rings is 4. The molecule has 1 N–H and O–H groups in total. The minimum atomic E-state index is -0.337. The molecule has 291 valence electrons. The van der Waals surface area contributed by atoms with Gasteiger partial charge in [0, 0.05) is 54.3 Å². The van der Waals surface area contributed by atoms with Gasteiger partial charge in [0.25, 0.3) is 0 Å². The van der Waals surface area contributed by atoms with Crippen LogP contribution < -0.4 is 4.74 Å². The van der Waals surface area contributed by atoms with E-state index in [1.165, 1.54) is 44.3 Å². The van der Waals surface area contributed by atoms with Crippen molar-refractivity contribution in [3.63, 3.8) is 0 Å². The van der Waals surface area contributed by atoms with E-state index in [0.717, 1.165) is 72.1 Å². The van der Waals surface area contributed by atoms with Crippen molar-refractivity contribution in [2.24, 2.45) is 21.7 Å². The predicted octanol–water partition coefficient (Wildman–Crippen LogP) is 14.2. The van der Waals surface area contributed by atoms with E-state index in [0.29, 0.717) is 0 Å². The predicted molar refractivity (Wildman–Crippen MR) is 225 cm³/mol. The number of aliphatic hydroxyl groups is 1. The van der Waals surface area contributed by atoms with E-state index in [9.17, 15) is 9.90 Å². The Morgan fingerprint density at radius 1 is 0.778 bits per heavy atom. The summed E-state index contributed by atoms with van der Waals surface area (Å²) < 4.78 is 6.84. The van der Waals surface area contributed by atoms with Crippen LogP contribution in [0.3, 0.4) is 0 Å². The number of aromatic nitrogens is 1. The van der Waals surface area contributed by atoms with Gasteiger partial charge in [-0.3, -0.25) is 9.78 Å². The van der Waals surface area contributed by atoms with Gasteiger partial charge in [-0.1, -0.05) is 135 Å². The van der Waals surface area contributed by atoms with Crippen molar-refractivity contribution in [1.82, 2.24) is 4.98 Å². The molecule has 0 saturated carbocycles. The van der Waals surface area contributed by atoms with E-state index < -0.39 is 0 Å². The number of carbonyl (C=O) groups is 1. The number of hydrogen-bond donors (Lipinski definition) is 1. The summed E-state index contributed by atoms with van der Waals surface area (Å²) in [5.74, 6) is 2.10. The summed E-state index contributed by atoms with van der Waals surface area (Å²) in [5.41, 5.74) is 5.54. The molecular weight excluding hydrogens is 843 g/mol. The molecule has 1 aliphatic rings. The fraction of sp³-hybridized carbons (Fsp3) is 0.469. The Labute approximate surface area is 338 Å². The van der Waals surface area contributed by atoms with Gasteiger partial charge in [0.2, 0.25) is 0 Å². The minimum absolute atomic E-state index is 0. The second kappa shape index (κ2) is 16.3. The summed E-state index contributed by atoms with van der Waals surface area (Å²) in [5, 5.41) is 17.2. The fourth-order valence-corrected chi connectivity index (χ4v) is 7.39. The molecule has 1 aliphatic heterocycles. The van der Waals surface area contributed by atoms with Crippen LogP contribution in [0.1, 0.15) is 125 Å². The number of aryl methyl sites for hydroxylation is 1. The van der Waals surface area contributed by atoms with Gasteiger partial charge in [0.1, 0.15) is 11.5 Å². The second-order valence-electron chi connectivity index (χ2n) is 18.4. The number of rotatable bonds is 9. The van der Waals surface area contributed by atoms with E-state index in [1.54, 1.807) is 0 Å². The van der Waals surface area contributed by atoms with Crippen LogP contribution >= 0.6 is 0 Å². The number of ether oxygens (including phenoxy) is 1. The molecule has 0 amide bonds. The largest absolute Gasteiger partial charge is 0.512 e. The van der Waals surface area contributed by atoms with E-state index in [4.69, 9.17) is 9.72 Å². The fourth-order valence-electron chi connectivity index (χ4n) is 7.39. The topological polar surface area (TPSA) is 59.4 Å². The standard InChI is InChI=1S/C34H34NO.C15H28O2.Ir/c1-20-8-10-25-22(14-20)16-27-31-30-26(12-13-35-31)24-11-9-21(18-33(2,3)4)15-23(24)17-29(30)36-32(27)28(25)19-34(5,6)7;1-7-14(5,8-2)12(16)11-13(17)15(6,9-3)10-4;/h8-15,17H,18-19H2,1-7H3;11,16H,7-10H2,1-6H3;/q-1;;/b;12-11-;. The molecule has 5 aromatic rings. The molecule has 2 heterocycles. The molecule has 5 heteroatoms. The maximum atomic E-state index is 12.2. The third-order valence-electron chi connectivity index (χ3n) is 11.6. The van der Waals surface area contributed by atoms with Crippen LogP contribution in [0.15, 0.2) is 66.6 Å². The van der Waals surface area contributed by atoms with Crippen LogP contribution in [0.25, 0.3) is 43.6 Å². The van der Waals surface area contributed by atoms with E-state index in [2.05, 4.69) is 103 Å². The van der Waals surface area contributed by atoms with Gasteiger partial charge in [0.15, 0.2) is 5.78 Å². The van der Waals surface area contributed by atoms with E-state index in [1.807, 2.05) is 47.7 Å². The van der Waals surface area contributed by atoms with Crippen LogP contribution in [0.4, 0.5) is 0 Å². The molecular formula is C49H62IrNO3-.